The molecule has 0 aliphatic carbocycles. The van der Waals surface area contributed by atoms with E-state index in [4.69, 9.17) is 23.2 Å². The van der Waals surface area contributed by atoms with Gasteiger partial charge in [0.05, 0.1) is 16.5 Å². The molecule has 0 aliphatic rings. The van der Waals surface area contributed by atoms with Gasteiger partial charge in [-0.1, -0.05) is 23.2 Å². The molecule has 1 N–H and O–H groups in total. The summed E-state index contributed by atoms with van der Waals surface area (Å²) in [6, 6.07) is 11.4. The van der Waals surface area contributed by atoms with Crippen LogP contribution in [0.2, 0.25) is 10.0 Å². The molecule has 0 saturated carbocycles. The second kappa shape index (κ2) is 7.78. The van der Waals surface area contributed by atoms with E-state index in [1.165, 1.54) is 11.8 Å². The van der Waals surface area contributed by atoms with Crippen molar-refractivity contribution in [1.29, 1.82) is 0 Å². The van der Waals surface area contributed by atoms with Gasteiger partial charge in [0.1, 0.15) is 0 Å². The van der Waals surface area contributed by atoms with Crippen molar-refractivity contribution in [3.05, 3.63) is 58.1 Å². The molecule has 0 aliphatic heterocycles. The molecule has 2 aromatic carbocycles. The number of ketones is 1. The standard InChI is InChI=1S/C16H15Cl2NO3S2/c1-10(23-15-9-12(17)5-8-14(15)18)16(20)11-3-6-13(7-4-11)19-24(2,21)22/h3-10,19H,1-2H3. The van der Waals surface area contributed by atoms with Crippen LogP contribution in [0.1, 0.15) is 17.3 Å². The van der Waals surface area contributed by atoms with Crippen molar-refractivity contribution in [3.8, 4) is 0 Å². The van der Waals surface area contributed by atoms with Crippen LogP contribution in [0.15, 0.2) is 47.4 Å². The highest BCUT2D eigenvalue weighted by atomic mass is 35.5. The first-order valence-electron chi connectivity index (χ1n) is 6.89. The lowest BCUT2D eigenvalue weighted by atomic mass is 10.1. The molecular weight excluding hydrogens is 389 g/mol. The number of halogens is 2. The molecule has 1 atom stereocenters. The average Bonchev–Trinajstić information content (AvgIpc) is 2.49. The summed E-state index contributed by atoms with van der Waals surface area (Å²) in [6.45, 7) is 1.78. The second-order valence-corrected chi connectivity index (χ2v) is 9.13. The van der Waals surface area contributed by atoms with E-state index in [1.54, 1.807) is 49.4 Å². The SMILES string of the molecule is CC(Sc1cc(Cl)ccc1Cl)C(=O)c1ccc(NS(C)(=O)=O)cc1. The van der Waals surface area contributed by atoms with Crippen LogP contribution in [0.4, 0.5) is 5.69 Å². The maximum absolute atomic E-state index is 12.5. The Labute approximate surface area is 155 Å². The van der Waals surface area contributed by atoms with Crippen LogP contribution in [0.25, 0.3) is 0 Å². The third kappa shape index (κ3) is 5.41. The van der Waals surface area contributed by atoms with E-state index in [9.17, 15) is 13.2 Å². The number of hydrogen-bond acceptors (Lipinski definition) is 4. The molecule has 1 unspecified atom stereocenters. The topological polar surface area (TPSA) is 63.2 Å². The zero-order chi connectivity index (χ0) is 17.9. The van der Waals surface area contributed by atoms with Gasteiger partial charge in [0, 0.05) is 21.2 Å². The summed E-state index contributed by atoms with van der Waals surface area (Å²) in [6.07, 6.45) is 1.07. The predicted octanol–water partition coefficient (Wildman–Crippen LogP) is 4.73. The Morgan fingerprint density at radius 1 is 1.12 bits per heavy atom. The van der Waals surface area contributed by atoms with Crippen molar-refractivity contribution in [2.45, 2.75) is 17.1 Å². The highest BCUT2D eigenvalue weighted by Crippen LogP contribution is 2.33. The molecule has 2 aromatic rings. The zero-order valence-electron chi connectivity index (χ0n) is 12.9. The number of benzene rings is 2. The number of sulfonamides is 1. The minimum Gasteiger partial charge on any atom is -0.293 e. The molecule has 8 heteroatoms. The summed E-state index contributed by atoms with van der Waals surface area (Å²) in [5, 5.41) is 0.726. The highest BCUT2D eigenvalue weighted by Gasteiger charge is 2.18. The molecule has 0 bridgehead atoms. The average molecular weight is 404 g/mol. The number of anilines is 1. The Morgan fingerprint density at radius 3 is 2.33 bits per heavy atom. The molecule has 0 spiro atoms. The zero-order valence-corrected chi connectivity index (χ0v) is 16.1. The smallest absolute Gasteiger partial charge is 0.229 e. The summed E-state index contributed by atoms with van der Waals surface area (Å²) < 4.78 is 24.7. The van der Waals surface area contributed by atoms with E-state index in [0.29, 0.717) is 21.3 Å². The van der Waals surface area contributed by atoms with Crippen LogP contribution in [0.5, 0.6) is 0 Å². The van der Waals surface area contributed by atoms with E-state index in [0.717, 1.165) is 11.2 Å². The molecule has 0 aromatic heterocycles. The van der Waals surface area contributed by atoms with Crippen LogP contribution in [0.3, 0.4) is 0 Å². The van der Waals surface area contributed by atoms with Crippen LogP contribution in [-0.2, 0) is 10.0 Å². The van der Waals surface area contributed by atoms with Gasteiger partial charge in [-0.25, -0.2) is 8.42 Å². The predicted molar refractivity (Wildman–Crippen MR) is 101 cm³/mol. The Morgan fingerprint density at radius 2 is 1.75 bits per heavy atom. The Bertz CT molecular complexity index is 852. The number of carbonyl (C=O) groups is 1. The van der Waals surface area contributed by atoms with Crippen molar-refractivity contribution in [2.75, 3.05) is 11.0 Å². The third-order valence-electron chi connectivity index (χ3n) is 3.04. The van der Waals surface area contributed by atoms with E-state index in [2.05, 4.69) is 4.72 Å². The maximum atomic E-state index is 12.5. The van der Waals surface area contributed by atoms with Gasteiger partial charge in [0.15, 0.2) is 5.78 Å². The third-order valence-corrected chi connectivity index (χ3v) is 5.48. The highest BCUT2D eigenvalue weighted by molar-refractivity contribution is 8.00. The quantitative estimate of drug-likeness (QED) is 0.559. The van der Waals surface area contributed by atoms with Crippen molar-refractivity contribution in [1.82, 2.24) is 0 Å². The molecular formula is C16H15Cl2NO3S2. The Hall–Kier alpha value is -1.21. The maximum Gasteiger partial charge on any atom is 0.229 e. The van der Waals surface area contributed by atoms with Crippen molar-refractivity contribution < 1.29 is 13.2 Å². The fraction of sp³-hybridized carbons (Fsp3) is 0.188. The number of nitrogens with one attached hydrogen (secondary N) is 1. The second-order valence-electron chi connectivity index (χ2n) is 5.15. The van der Waals surface area contributed by atoms with E-state index < -0.39 is 10.0 Å². The number of thioether (sulfide) groups is 1. The van der Waals surface area contributed by atoms with Gasteiger partial charge >= 0.3 is 0 Å². The van der Waals surface area contributed by atoms with Gasteiger partial charge in [-0.2, -0.15) is 0 Å². The molecule has 4 nitrogen and oxygen atoms in total. The van der Waals surface area contributed by atoms with Gasteiger partial charge in [-0.05, 0) is 49.4 Å². The fourth-order valence-corrected chi connectivity index (χ4v) is 4.01. The minimum atomic E-state index is -3.34. The minimum absolute atomic E-state index is 0.0815. The van der Waals surface area contributed by atoms with Gasteiger partial charge in [-0.15, -0.1) is 11.8 Å². The lowest BCUT2D eigenvalue weighted by Gasteiger charge is -2.12. The lowest BCUT2D eigenvalue weighted by Crippen LogP contribution is -2.14. The number of Topliss-reactive ketones (excluding diaryl/α,β-unsaturated/α-hetero) is 1. The first-order chi connectivity index (χ1) is 11.2. The molecule has 24 heavy (non-hydrogen) atoms. The van der Waals surface area contributed by atoms with Crippen LogP contribution in [-0.4, -0.2) is 25.7 Å². The van der Waals surface area contributed by atoms with Crippen molar-refractivity contribution >= 4 is 56.5 Å². The first kappa shape index (κ1) is 19.1. The Balaban J connectivity index is 2.11. The van der Waals surface area contributed by atoms with Gasteiger partial charge in [0.25, 0.3) is 0 Å². The molecule has 0 saturated heterocycles. The normalized spacial score (nSPS) is 12.7. The van der Waals surface area contributed by atoms with Crippen molar-refractivity contribution in [2.24, 2.45) is 0 Å². The number of hydrogen-bond donors (Lipinski definition) is 1. The summed E-state index contributed by atoms with van der Waals surface area (Å²) >= 11 is 13.4. The summed E-state index contributed by atoms with van der Waals surface area (Å²) in [7, 11) is -3.34. The molecule has 0 fully saturated rings. The Kier molecular flexibility index (Phi) is 6.20. The molecule has 0 amide bonds. The molecule has 2 rings (SSSR count). The number of carbonyl (C=O) groups excluding carboxylic acids is 1. The molecule has 128 valence electrons. The lowest BCUT2D eigenvalue weighted by molar-refractivity contribution is 0.0994. The summed E-state index contributed by atoms with van der Waals surface area (Å²) in [4.78, 5) is 13.2. The largest absolute Gasteiger partial charge is 0.293 e. The number of rotatable bonds is 6. The first-order valence-corrected chi connectivity index (χ1v) is 10.4. The van der Waals surface area contributed by atoms with Crippen molar-refractivity contribution in [3.63, 3.8) is 0 Å². The molecule has 0 radical (unpaired) electrons. The van der Waals surface area contributed by atoms with Crippen LogP contribution >= 0.6 is 35.0 Å². The van der Waals surface area contributed by atoms with Gasteiger partial charge in [-0.3, -0.25) is 9.52 Å². The van der Waals surface area contributed by atoms with Gasteiger partial charge in [0.2, 0.25) is 10.0 Å². The fourth-order valence-electron chi connectivity index (χ4n) is 1.96. The van der Waals surface area contributed by atoms with Crippen LogP contribution < -0.4 is 4.72 Å². The van der Waals surface area contributed by atoms with E-state index in [-0.39, 0.29) is 11.0 Å². The monoisotopic (exact) mass is 403 g/mol. The summed E-state index contributed by atoms with van der Waals surface area (Å²) in [5.74, 6) is -0.0815. The van der Waals surface area contributed by atoms with E-state index in [1.807, 2.05) is 0 Å². The van der Waals surface area contributed by atoms with E-state index >= 15 is 0 Å². The van der Waals surface area contributed by atoms with Gasteiger partial charge < -0.3 is 0 Å². The van der Waals surface area contributed by atoms with Crippen LogP contribution in [0, 0.1) is 0 Å². The molecule has 0 heterocycles. The summed E-state index contributed by atoms with van der Waals surface area (Å²) in [5.41, 5.74) is 0.902.